The highest BCUT2D eigenvalue weighted by molar-refractivity contribution is 6.36. The third-order valence-corrected chi connectivity index (χ3v) is 6.61. The Hall–Kier alpha value is -1.49. The number of benzene rings is 2. The third-order valence-electron chi connectivity index (χ3n) is 6.30. The first-order valence-corrected chi connectivity index (χ1v) is 10.8. The van der Waals surface area contributed by atoms with Crippen LogP contribution in [-0.2, 0) is 0 Å². The molecule has 152 valence electrons. The second-order valence-corrected chi connectivity index (χ2v) is 8.51. The maximum atomic E-state index is 10.1. The first-order valence-electron chi connectivity index (χ1n) is 10.4. The second-order valence-electron chi connectivity index (χ2n) is 8.10. The maximum absolute atomic E-state index is 10.1. The number of hydrogen-bond acceptors (Lipinski definition) is 4. The van der Waals surface area contributed by atoms with E-state index in [4.69, 9.17) is 21.1 Å². The van der Waals surface area contributed by atoms with Crippen molar-refractivity contribution in [2.45, 2.75) is 70.0 Å². The molecule has 4 rings (SSSR count). The lowest BCUT2D eigenvalue weighted by Gasteiger charge is -2.26. The van der Waals surface area contributed by atoms with Gasteiger partial charge in [0, 0.05) is 21.9 Å². The molecule has 0 saturated heterocycles. The van der Waals surface area contributed by atoms with E-state index >= 15 is 0 Å². The Kier molecular flexibility index (Phi) is 5.73. The molecule has 28 heavy (non-hydrogen) atoms. The average molecular weight is 405 g/mol. The number of aliphatic hydroxyl groups is 2. The van der Waals surface area contributed by atoms with E-state index in [-0.39, 0.29) is 13.2 Å². The molecule has 0 spiro atoms. The van der Waals surface area contributed by atoms with E-state index in [9.17, 15) is 10.2 Å². The van der Waals surface area contributed by atoms with Crippen molar-refractivity contribution in [2.24, 2.45) is 0 Å². The molecule has 4 unspecified atom stereocenters. The minimum atomic E-state index is -0.498. The SMILES string of the molecule is CCC(O)COc1c2c(c(OCC(O)CC)c3c(Cl)cccc13)C1CCC2C1. The van der Waals surface area contributed by atoms with Crippen molar-refractivity contribution in [1.82, 2.24) is 0 Å². The Morgan fingerprint density at radius 1 is 0.964 bits per heavy atom. The van der Waals surface area contributed by atoms with Crippen LogP contribution in [0.3, 0.4) is 0 Å². The summed E-state index contributed by atoms with van der Waals surface area (Å²) in [7, 11) is 0. The van der Waals surface area contributed by atoms with E-state index in [1.165, 1.54) is 11.1 Å². The van der Waals surface area contributed by atoms with Gasteiger partial charge in [-0.2, -0.15) is 0 Å². The van der Waals surface area contributed by atoms with Crippen molar-refractivity contribution >= 4 is 22.4 Å². The van der Waals surface area contributed by atoms with Crippen LogP contribution < -0.4 is 9.47 Å². The molecule has 2 aliphatic carbocycles. The minimum Gasteiger partial charge on any atom is -0.490 e. The second kappa shape index (κ2) is 8.10. The number of rotatable bonds is 8. The summed E-state index contributed by atoms with van der Waals surface area (Å²) in [5.74, 6) is 2.60. The van der Waals surface area contributed by atoms with Crippen molar-refractivity contribution in [1.29, 1.82) is 0 Å². The van der Waals surface area contributed by atoms with Gasteiger partial charge in [0.05, 0.1) is 17.2 Å². The zero-order chi connectivity index (χ0) is 19.8. The van der Waals surface area contributed by atoms with Crippen LogP contribution in [0, 0.1) is 0 Å². The van der Waals surface area contributed by atoms with Gasteiger partial charge in [0.1, 0.15) is 24.7 Å². The molecule has 0 heterocycles. The fourth-order valence-corrected chi connectivity index (χ4v) is 4.95. The van der Waals surface area contributed by atoms with Crippen LogP contribution in [0.1, 0.15) is 68.9 Å². The van der Waals surface area contributed by atoms with Gasteiger partial charge in [0.2, 0.25) is 0 Å². The van der Waals surface area contributed by atoms with Crippen LogP contribution in [0.2, 0.25) is 5.02 Å². The molecular formula is C23H29ClO4. The van der Waals surface area contributed by atoms with Crippen LogP contribution in [0.5, 0.6) is 11.5 Å². The standard InChI is InChI=1S/C23H29ClO4/c1-3-15(25)11-27-22-17-6-5-7-18(24)21(17)23(28-12-16(26)4-2)20-14-9-8-13(10-14)19(20)22/h5-7,13-16,25-26H,3-4,8-12H2,1-2H3. The highest BCUT2D eigenvalue weighted by atomic mass is 35.5. The Bertz CT molecular complexity index is 866. The number of ether oxygens (including phenoxy) is 2. The van der Waals surface area contributed by atoms with E-state index < -0.39 is 12.2 Å². The van der Waals surface area contributed by atoms with E-state index in [1.54, 1.807) is 0 Å². The Balaban J connectivity index is 1.88. The van der Waals surface area contributed by atoms with Crippen LogP contribution >= 0.6 is 11.6 Å². The van der Waals surface area contributed by atoms with Crippen LogP contribution in [0.25, 0.3) is 10.8 Å². The van der Waals surface area contributed by atoms with Gasteiger partial charge in [-0.05, 0) is 50.0 Å². The molecule has 0 aliphatic heterocycles. The zero-order valence-electron chi connectivity index (χ0n) is 16.6. The summed E-state index contributed by atoms with van der Waals surface area (Å²) in [6.45, 7) is 4.43. The molecule has 0 aromatic heterocycles. The van der Waals surface area contributed by atoms with Crippen LogP contribution in [0.4, 0.5) is 0 Å². The van der Waals surface area contributed by atoms with Gasteiger partial charge >= 0.3 is 0 Å². The summed E-state index contributed by atoms with van der Waals surface area (Å²) in [6.07, 6.45) is 3.74. The van der Waals surface area contributed by atoms with Crippen LogP contribution in [0.15, 0.2) is 18.2 Å². The van der Waals surface area contributed by atoms with Crippen LogP contribution in [-0.4, -0.2) is 35.6 Å². The van der Waals surface area contributed by atoms with Gasteiger partial charge in [0.25, 0.3) is 0 Å². The lowest BCUT2D eigenvalue weighted by atomic mass is 9.87. The Labute approximate surface area is 171 Å². The molecule has 0 amide bonds. The summed E-state index contributed by atoms with van der Waals surface area (Å²) < 4.78 is 12.4. The first-order chi connectivity index (χ1) is 13.5. The van der Waals surface area contributed by atoms with Crippen molar-refractivity contribution in [3.05, 3.63) is 34.3 Å². The third kappa shape index (κ3) is 3.36. The molecule has 0 radical (unpaired) electrons. The number of aliphatic hydroxyl groups excluding tert-OH is 2. The number of fused-ring (bicyclic) bond motifs is 6. The Morgan fingerprint density at radius 3 is 2.14 bits per heavy atom. The van der Waals surface area contributed by atoms with Gasteiger partial charge in [-0.15, -0.1) is 0 Å². The molecule has 2 aliphatic rings. The molecule has 4 nitrogen and oxygen atoms in total. The van der Waals surface area contributed by atoms with Crippen molar-refractivity contribution in [3.63, 3.8) is 0 Å². The van der Waals surface area contributed by atoms with E-state index in [0.717, 1.165) is 41.5 Å². The molecule has 1 saturated carbocycles. The zero-order valence-corrected chi connectivity index (χ0v) is 17.3. The molecule has 2 N–H and O–H groups in total. The normalized spacial score (nSPS) is 22.3. The lowest BCUT2D eigenvalue weighted by molar-refractivity contribution is 0.102. The summed E-state index contributed by atoms with van der Waals surface area (Å²) in [4.78, 5) is 0. The van der Waals surface area contributed by atoms with E-state index in [0.29, 0.717) is 29.7 Å². The molecule has 2 aromatic rings. The molecule has 2 aromatic carbocycles. The first kappa shape index (κ1) is 19.8. The molecule has 1 fully saturated rings. The van der Waals surface area contributed by atoms with Crippen molar-refractivity contribution in [2.75, 3.05) is 13.2 Å². The van der Waals surface area contributed by atoms with Crippen molar-refractivity contribution in [3.8, 4) is 11.5 Å². The molecule has 5 heteroatoms. The van der Waals surface area contributed by atoms with E-state index in [1.807, 2.05) is 32.0 Å². The summed E-state index contributed by atoms with van der Waals surface area (Å²) in [5.41, 5.74) is 2.44. The largest absolute Gasteiger partial charge is 0.490 e. The maximum Gasteiger partial charge on any atom is 0.132 e. The topological polar surface area (TPSA) is 58.9 Å². The van der Waals surface area contributed by atoms with E-state index in [2.05, 4.69) is 0 Å². The van der Waals surface area contributed by atoms with Gasteiger partial charge in [-0.1, -0.05) is 37.6 Å². The highest BCUT2D eigenvalue weighted by Crippen LogP contribution is 2.61. The predicted molar refractivity (Wildman–Crippen MR) is 112 cm³/mol. The monoisotopic (exact) mass is 404 g/mol. The smallest absolute Gasteiger partial charge is 0.132 e. The summed E-state index contributed by atoms with van der Waals surface area (Å²) in [5, 5.41) is 22.5. The summed E-state index contributed by atoms with van der Waals surface area (Å²) >= 11 is 6.63. The van der Waals surface area contributed by atoms with Gasteiger partial charge in [0.15, 0.2) is 0 Å². The van der Waals surface area contributed by atoms with Gasteiger partial charge < -0.3 is 19.7 Å². The number of hydrogen-bond donors (Lipinski definition) is 2. The van der Waals surface area contributed by atoms with Crippen molar-refractivity contribution < 1.29 is 19.7 Å². The van der Waals surface area contributed by atoms with Gasteiger partial charge in [-0.3, -0.25) is 0 Å². The van der Waals surface area contributed by atoms with Gasteiger partial charge in [-0.25, -0.2) is 0 Å². The molecular weight excluding hydrogens is 376 g/mol. The lowest BCUT2D eigenvalue weighted by Crippen LogP contribution is -2.19. The quantitative estimate of drug-likeness (QED) is 0.638. The predicted octanol–water partition coefficient (Wildman–Crippen LogP) is 5.16. The minimum absolute atomic E-state index is 0.259. The number of halogens is 1. The molecule has 4 atom stereocenters. The Morgan fingerprint density at radius 2 is 1.54 bits per heavy atom. The fraction of sp³-hybridized carbons (Fsp3) is 0.565. The highest BCUT2D eigenvalue weighted by Gasteiger charge is 2.43. The summed E-state index contributed by atoms with van der Waals surface area (Å²) in [6, 6.07) is 5.82. The fourth-order valence-electron chi connectivity index (χ4n) is 4.69. The molecule has 2 bridgehead atoms. The average Bonchev–Trinajstić information content (AvgIpc) is 3.32.